The lowest BCUT2D eigenvalue weighted by molar-refractivity contribution is 0.172. The normalized spacial score (nSPS) is 12.5. The fourth-order valence-electron chi connectivity index (χ4n) is 3.92. The van der Waals surface area contributed by atoms with Gasteiger partial charge in [-0.2, -0.15) is 0 Å². The molecule has 0 aliphatic heterocycles. The summed E-state index contributed by atoms with van der Waals surface area (Å²) in [7, 11) is -3.37. The van der Waals surface area contributed by atoms with Crippen LogP contribution in [-0.4, -0.2) is 50.6 Å². The van der Waals surface area contributed by atoms with Crippen LogP contribution in [0.25, 0.3) is 21.8 Å². The van der Waals surface area contributed by atoms with Crippen LogP contribution < -0.4 is 19.5 Å². The zero-order valence-corrected chi connectivity index (χ0v) is 22.1. The molecule has 1 atom stereocenters. The first-order valence-corrected chi connectivity index (χ1v) is 13.4. The first-order valence-electron chi connectivity index (χ1n) is 11.5. The molecule has 3 aromatic carbocycles. The predicted octanol–water partition coefficient (Wildman–Crippen LogP) is 4.60. The first kappa shape index (κ1) is 27.6. The van der Waals surface area contributed by atoms with Crippen molar-refractivity contribution < 1.29 is 23.0 Å². The Kier molecular flexibility index (Phi) is 9.08. The number of halogens is 1. The number of aromatic nitrogens is 1. The molecular formula is C26H32ClN3O5S. The molecule has 10 heteroatoms. The van der Waals surface area contributed by atoms with E-state index in [1.54, 1.807) is 24.3 Å². The maximum absolute atomic E-state index is 11.4. The maximum atomic E-state index is 11.4. The van der Waals surface area contributed by atoms with Crippen molar-refractivity contribution in [2.45, 2.75) is 26.1 Å². The first-order chi connectivity index (χ1) is 16.7. The smallest absolute Gasteiger partial charge is 0.229 e. The number of ether oxygens (including phenoxy) is 2. The van der Waals surface area contributed by atoms with Gasteiger partial charge in [0.05, 0.1) is 29.5 Å². The molecule has 1 heterocycles. The van der Waals surface area contributed by atoms with Crippen molar-refractivity contribution in [2.24, 2.45) is 0 Å². The lowest BCUT2D eigenvalue weighted by atomic mass is 10.1. The standard InChI is InChI=1S/C26H31N3O5S.ClH/c1-17(2)34-21-8-10-23-22-9-7-20(14-24(22)28-25(23)15-21)33-12-11-27-16-26(30)18-5-4-6-19(13-18)29-35(3,31)32;/h4-10,13-15,17,26-30H,11-12,16H2,1-3H3;1H/t26-;/m0./s1. The van der Waals surface area contributed by atoms with E-state index in [-0.39, 0.29) is 18.5 Å². The third-order valence-electron chi connectivity index (χ3n) is 5.37. The van der Waals surface area contributed by atoms with Crippen molar-refractivity contribution in [3.05, 3.63) is 66.2 Å². The lowest BCUT2D eigenvalue weighted by Gasteiger charge is -2.14. The van der Waals surface area contributed by atoms with Gasteiger partial charge in [-0.1, -0.05) is 12.1 Å². The number of rotatable bonds is 11. The fourth-order valence-corrected chi connectivity index (χ4v) is 4.48. The molecule has 0 aliphatic carbocycles. The summed E-state index contributed by atoms with van der Waals surface area (Å²) in [6.45, 7) is 5.30. The Labute approximate surface area is 217 Å². The molecule has 0 radical (unpaired) electrons. The highest BCUT2D eigenvalue weighted by molar-refractivity contribution is 7.92. The van der Waals surface area contributed by atoms with E-state index in [0.717, 1.165) is 39.6 Å². The second-order valence-corrected chi connectivity index (χ2v) is 10.5. The quantitative estimate of drug-likeness (QED) is 0.210. The van der Waals surface area contributed by atoms with Gasteiger partial charge in [-0.15, -0.1) is 12.4 Å². The Balaban J connectivity index is 0.00000361. The van der Waals surface area contributed by atoms with Gasteiger partial charge >= 0.3 is 0 Å². The molecule has 36 heavy (non-hydrogen) atoms. The van der Waals surface area contributed by atoms with Gasteiger partial charge in [-0.05, 0) is 55.8 Å². The van der Waals surface area contributed by atoms with E-state index in [2.05, 4.69) is 21.1 Å². The minimum atomic E-state index is -3.37. The van der Waals surface area contributed by atoms with Crippen molar-refractivity contribution in [3.8, 4) is 11.5 Å². The number of hydrogen-bond donors (Lipinski definition) is 4. The SMILES string of the molecule is CC(C)Oc1ccc2c(c1)[nH]c1cc(OCCNC[C@H](O)c3cccc(NS(C)(=O)=O)c3)ccc12.Cl. The van der Waals surface area contributed by atoms with Crippen LogP contribution in [0, 0.1) is 0 Å². The second-order valence-electron chi connectivity index (χ2n) is 8.77. The summed E-state index contributed by atoms with van der Waals surface area (Å²) in [6.07, 6.45) is 0.434. The van der Waals surface area contributed by atoms with Gasteiger partial charge in [-0.25, -0.2) is 8.42 Å². The number of benzene rings is 3. The van der Waals surface area contributed by atoms with Crippen molar-refractivity contribution in [2.75, 3.05) is 30.7 Å². The topological polar surface area (TPSA) is 113 Å². The Bertz CT molecular complexity index is 1420. The van der Waals surface area contributed by atoms with Gasteiger partial charge in [-0.3, -0.25) is 4.72 Å². The second kappa shape index (κ2) is 11.8. The molecule has 0 unspecified atom stereocenters. The zero-order valence-electron chi connectivity index (χ0n) is 20.4. The molecule has 8 nitrogen and oxygen atoms in total. The van der Waals surface area contributed by atoms with E-state index in [9.17, 15) is 13.5 Å². The summed E-state index contributed by atoms with van der Waals surface area (Å²) in [5.74, 6) is 1.59. The highest BCUT2D eigenvalue weighted by Crippen LogP contribution is 2.31. The molecule has 0 spiro atoms. The van der Waals surface area contributed by atoms with E-state index in [4.69, 9.17) is 9.47 Å². The summed E-state index contributed by atoms with van der Waals surface area (Å²) in [5.41, 5.74) is 3.05. The van der Waals surface area contributed by atoms with Gasteiger partial charge in [0, 0.05) is 41.7 Å². The molecule has 0 saturated heterocycles. The van der Waals surface area contributed by atoms with Crippen LogP contribution in [0.2, 0.25) is 0 Å². The monoisotopic (exact) mass is 533 g/mol. The molecule has 0 aliphatic rings. The summed E-state index contributed by atoms with van der Waals surface area (Å²) in [6, 6.07) is 18.7. The number of nitrogens with one attached hydrogen (secondary N) is 3. The number of H-pyrrole nitrogens is 1. The lowest BCUT2D eigenvalue weighted by Crippen LogP contribution is -2.26. The number of anilines is 1. The van der Waals surface area contributed by atoms with Crippen LogP contribution in [0.1, 0.15) is 25.5 Å². The Morgan fingerprint density at radius 1 is 0.972 bits per heavy atom. The van der Waals surface area contributed by atoms with Crippen molar-refractivity contribution in [3.63, 3.8) is 0 Å². The van der Waals surface area contributed by atoms with E-state index in [1.165, 1.54) is 0 Å². The molecule has 0 amide bonds. The van der Waals surface area contributed by atoms with Gasteiger partial charge in [0.1, 0.15) is 18.1 Å². The highest BCUT2D eigenvalue weighted by atomic mass is 35.5. The largest absolute Gasteiger partial charge is 0.492 e. The summed E-state index contributed by atoms with van der Waals surface area (Å²) >= 11 is 0. The van der Waals surface area contributed by atoms with Crippen molar-refractivity contribution in [1.29, 1.82) is 0 Å². The molecule has 0 saturated carbocycles. The molecular weight excluding hydrogens is 502 g/mol. The molecule has 4 N–H and O–H groups in total. The van der Waals surface area contributed by atoms with Crippen LogP contribution >= 0.6 is 12.4 Å². The van der Waals surface area contributed by atoms with E-state index < -0.39 is 16.1 Å². The van der Waals surface area contributed by atoms with Crippen molar-refractivity contribution in [1.82, 2.24) is 10.3 Å². The zero-order chi connectivity index (χ0) is 25.0. The molecule has 0 fully saturated rings. The van der Waals surface area contributed by atoms with Gasteiger partial charge < -0.3 is 24.9 Å². The van der Waals surface area contributed by atoms with Gasteiger partial charge in [0.15, 0.2) is 0 Å². The van der Waals surface area contributed by atoms with Crippen molar-refractivity contribution >= 4 is 49.9 Å². The fraction of sp³-hybridized carbons (Fsp3) is 0.308. The minimum absolute atomic E-state index is 0. The van der Waals surface area contributed by atoms with E-state index in [1.807, 2.05) is 44.2 Å². The number of fused-ring (bicyclic) bond motifs is 3. The van der Waals surface area contributed by atoms with Gasteiger partial charge in [0.2, 0.25) is 10.0 Å². The van der Waals surface area contributed by atoms with Crippen LogP contribution in [0.15, 0.2) is 60.7 Å². The Morgan fingerprint density at radius 2 is 1.64 bits per heavy atom. The summed E-state index contributed by atoms with van der Waals surface area (Å²) in [4.78, 5) is 3.43. The number of aromatic amines is 1. The minimum Gasteiger partial charge on any atom is -0.492 e. The molecule has 4 aromatic rings. The van der Waals surface area contributed by atoms with Crippen LogP contribution in [-0.2, 0) is 10.0 Å². The number of hydrogen-bond acceptors (Lipinski definition) is 6. The molecule has 194 valence electrons. The van der Waals surface area contributed by atoms with E-state index in [0.29, 0.717) is 30.9 Å². The maximum Gasteiger partial charge on any atom is 0.229 e. The molecule has 0 bridgehead atoms. The van der Waals surface area contributed by atoms with E-state index >= 15 is 0 Å². The van der Waals surface area contributed by atoms with Crippen LogP contribution in [0.5, 0.6) is 11.5 Å². The number of aliphatic hydroxyl groups excluding tert-OH is 1. The van der Waals surface area contributed by atoms with Gasteiger partial charge in [0.25, 0.3) is 0 Å². The predicted molar refractivity (Wildman–Crippen MR) is 147 cm³/mol. The average Bonchev–Trinajstić information content (AvgIpc) is 3.14. The highest BCUT2D eigenvalue weighted by Gasteiger charge is 2.10. The summed E-state index contributed by atoms with van der Waals surface area (Å²) in [5, 5.41) is 15.8. The number of sulfonamides is 1. The third-order valence-corrected chi connectivity index (χ3v) is 5.98. The molecule has 1 aromatic heterocycles. The van der Waals surface area contributed by atoms with Crippen LogP contribution in [0.4, 0.5) is 5.69 Å². The third kappa shape index (κ3) is 7.27. The molecule has 4 rings (SSSR count). The Morgan fingerprint density at radius 3 is 2.31 bits per heavy atom. The average molecular weight is 534 g/mol. The number of aliphatic hydroxyl groups is 1. The van der Waals surface area contributed by atoms with Crippen LogP contribution in [0.3, 0.4) is 0 Å². The Hall–Kier alpha value is -2.98. The summed E-state index contributed by atoms with van der Waals surface area (Å²) < 4.78 is 36.9.